The Kier molecular flexibility index (Phi) is 2.54. The van der Waals surface area contributed by atoms with Crippen LogP contribution in [0.25, 0.3) is 0 Å². The van der Waals surface area contributed by atoms with Crippen LogP contribution in [0.15, 0.2) is 18.2 Å². The van der Waals surface area contributed by atoms with Gasteiger partial charge in [-0.3, -0.25) is 4.79 Å². The Morgan fingerprint density at radius 3 is 2.80 bits per heavy atom. The van der Waals surface area contributed by atoms with Crippen molar-refractivity contribution < 1.29 is 9.90 Å². The summed E-state index contributed by atoms with van der Waals surface area (Å²) in [6.45, 7) is 0.730. The first-order chi connectivity index (χ1) is 7.08. The lowest BCUT2D eigenvalue weighted by molar-refractivity contribution is 0.00591. The molecule has 1 aliphatic heterocycles. The lowest BCUT2D eigenvalue weighted by Gasteiger charge is -2.36. The number of amides is 1. The van der Waals surface area contributed by atoms with Crippen LogP contribution in [0.1, 0.15) is 10.4 Å². The van der Waals surface area contributed by atoms with E-state index in [-0.39, 0.29) is 5.91 Å². The minimum absolute atomic E-state index is 0.183. The first-order valence-electron chi connectivity index (χ1n) is 4.60. The highest BCUT2D eigenvalue weighted by molar-refractivity contribution is 6.34. The van der Waals surface area contributed by atoms with E-state index < -0.39 is 6.10 Å². The van der Waals surface area contributed by atoms with Crippen molar-refractivity contribution in [3.8, 4) is 0 Å². The van der Waals surface area contributed by atoms with Gasteiger partial charge in [-0.1, -0.05) is 11.6 Å². The number of nitrogens with zero attached hydrogens (tertiary/aromatic N) is 1. The van der Waals surface area contributed by atoms with Crippen LogP contribution in [0, 0.1) is 0 Å². The first kappa shape index (κ1) is 10.3. The maximum atomic E-state index is 11.8. The number of aliphatic hydroxyl groups is 1. The number of halogens is 1. The SMILES string of the molecule is Nc1ccc(Cl)c(C(=O)N2CC(O)C2)c1. The normalized spacial score (nSPS) is 16.3. The smallest absolute Gasteiger partial charge is 0.255 e. The van der Waals surface area contributed by atoms with Crippen LogP contribution in [0.5, 0.6) is 0 Å². The number of β-amino-alcohol motifs (C(OH)–C–C–N with tert-alkyl or cyclic N) is 1. The highest BCUT2D eigenvalue weighted by atomic mass is 35.5. The fourth-order valence-electron chi connectivity index (χ4n) is 1.50. The predicted octanol–water partition coefficient (Wildman–Crippen LogP) is 0.739. The summed E-state index contributed by atoms with van der Waals surface area (Å²) >= 11 is 5.89. The number of rotatable bonds is 1. The molecule has 15 heavy (non-hydrogen) atoms. The topological polar surface area (TPSA) is 66.6 Å². The van der Waals surface area contributed by atoms with E-state index in [1.54, 1.807) is 18.2 Å². The molecule has 0 unspecified atom stereocenters. The number of hydrogen-bond acceptors (Lipinski definition) is 3. The van der Waals surface area contributed by atoms with Crippen LogP contribution in [0.2, 0.25) is 5.02 Å². The third-order valence-corrected chi connectivity index (χ3v) is 2.70. The van der Waals surface area contributed by atoms with Gasteiger partial charge in [0.15, 0.2) is 0 Å². The summed E-state index contributed by atoms with van der Waals surface area (Å²) in [4.78, 5) is 13.4. The van der Waals surface area contributed by atoms with E-state index in [2.05, 4.69) is 0 Å². The molecule has 80 valence electrons. The summed E-state index contributed by atoms with van der Waals surface area (Å²) in [5.41, 5.74) is 6.47. The average molecular weight is 227 g/mol. The van der Waals surface area contributed by atoms with E-state index in [1.165, 1.54) is 4.90 Å². The van der Waals surface area contributed by atoms with Crippen molar-refractivity contribution in [3.05, 3.63) is 28.8 Å². The largest absolute Gasteiger partial charge is 0.399 e. The van der Waals surface area contributed by atoms with E-state index in [0.29, 0.717) is 29.4 Å². The summed E-state index contributed by atoms with van der Waals surface area (Å²) in [6.07, 6.45) is -0.409. The number of carbonyl (C=O) groups is 1. The number of aliphatic hydroxyl groups excluding tert-OH is 1. The quantitative estimate of drug-likeness (QED) is 0.694. The van der Waals surface area contributed by atoms with Gasteiger partial charge in [0.05, 0.1) is 16.7 Å². The molecule has 1 fully saturated rings. The molecule has 1 amide bonds. The molecule has 0 bridgehead atoms. The Bertz CT molecular complexity index is 402. The fraction of sp³-hybridized carbons (Fsp3) is 0.300. The molecule has 1 aromatic rings. The molecule has 0 aliphatic carbocycles. The molecule has 4 nitrogen and oxygen atoms in total. The van der Waals surface area contributed by atoms with Crippen molar-refractivity contribution in [2.75, 3.05) is 18.8 Å². The maximum absolute atomic E-state index is 11.8. The van der Waals surface area contributed by atoms with Crippen LogP contribution in [-0.4, -0.2) is 35.1 Å². The van der Waals surface area contributed by atoms with Crippen molar-refractivity contribution in [1.29, 1.82) is 0 Å². The van der Waals surface area contributed by atoms with Crippen molar-refractivity contribution in [3.63, 3.8) is 0 Å². The molecule has 0 aromatic heterocycles. The second-order valence-electron chi connectivity index (χ2n) is 3.60. The monoisotopic (exact) mass is 226 g/mol. The summed E-state index contributed by atoms with van der Waals surface area (Å²) < 4.78 is 0. The standard InChI is InChI=1S/C10H11ClN2O2/c11-9-2-1-6(12)3-8(9)10(15)13-4-7(14)5-13/h1-3,7,14H,4-5,12H2. The molecule has 0 radical (unpaired) electrons. The van der Waals surface area contributed by atoms with E-state index in [4.69, 9.17) is 22.4 Å². The number of carbonyl (C=O) groups excluding carboxylic acids is 1. The third kappa shape index (κ3) is 1.91. The summed E-state index contributed by atoms with van der Waals surface area (Å²) in [7, 11) is 0. The lowest BCUT2D eigenvalue weighted by Crippen LogP contribution is -2.53. The zero-order valence-electron chi connectivity index (χ0n) is 7.98. The van der Waals surface area contributed by atoms with Gasteiger partial charge in [-0.2, -0.15) is 0 Å². The number of likely N-dealkylation sites (tertiary alicyclic amines) is 1. The predicted molar refractivity (Wildman–Crippen MR) is 57.8 cm³/mol. The molecule has 2 rings (SSSR count). The Hall–Kier alpha value is -1.26. The van der Waals surface area contributed by atoms with Crippen molar-refractivity contribution in [2.45, 2.75) is 6.10 Å². The van der Waals surface area contributed by atoms with Crippen molar-refractivity contribution in [1.82, 2.24) is 4.90 Å². The van der Waals surface area contributed by atoms with Crippen LogP contribution < -0.4 is 5.73 Å². The van der Waals surface area contributed by atoms with E-state index in [1.807, 2.05) is 0 Å². The third-order valence-electron chi connectivity index (χ3n) is 2.37. The minimum atomic E-state index is -0.409. The van der Waals surface area contributed by atoms with Gasteiger partial charge in [0.2, 0.25) is 0 Å². The molecule has 0 atom stereocenters. The molecule has 1 saturated heterocycles. The Morgan fingerprint density at radius 1 is 1.53 bits per heavy atom. The van der Waals surface area contributed by atoms with Gasteiger partial charge in [-0.05, 0) is 18.2 Å². The Labute approximate surface area is 92.2 Å². The van der Waals surface area contributed by atoms with Gasteiger partial charge in [-0.15, -0.1) is 0 Å². The second-order valence-corrected chi connectivity index (χ2v) is 4.01. The van der Waals surface area contributed by atoms with Gasteiger partial charge in [0.1, 0.15) is 0 Å². The molecule has 1 aliphatic rings. The zero-order valence-corrected chi connectivity index (χ0v) is 8.74. The number of hydrogen-bond donors (Lipinski definition) is 2. The number of nitrogen functional groups attached to an aromatic ring is 1. The van der Waals surface area contributed by atoms with Crippen LogP contribution >= 0.6 is 11.6 Å². The second kappa shape index (κ2) is 3.72. The number of anilines is 1. The molecule has 1 aromatic carbocycles. The van der Waals surface area contributed by atoms with E-state index in [9.17, 15) is 4.79 Å². The first-order valence-corrected chi connectivity index (χ1v) is 4.98. The summed E-state index contributed by atoms with van der Waals surface area (Å²) in [6, 6.07) is 4.79. The molecule has 3 N–H and O–H groups in total. The summed E-state index contributed by atoms with van der Waals surface area (Å²) in [5, 5.41) is 9.47. The molecular formula is C10H11ClN2O2. The van der Waals surface area contributed by atoms with Gasteiger partial charge in [0, 0.05) is 18.8 Å². The van der Waals surface area contributed by atoms with Gasteiger partial charge in [0.25, 0.3) is 5.91 Å². The van der Waals surface area contributed by atoms with Crippen LogP contribution in [0.4, 0.5) is 5.69 Å². The minimum Gasteiger partial charge on any atom is -0.399 e. The Morgan fingerprint density at radius 2 is 2.20 bits per heavy atom. The average Bonchev–Trinajstić information content (AvgIpc) is 2.16. The lowest BCUT2D eigenvalue weighted by atomic mass is 10.1. The van der Waals surface area contributed by atoms with Crippen molar-refractivity contribution in [2.24, 2.45) is 0 Å². The molecular weight excluding hydrogens is 216 g/mol. The maximum Gasteiger partial charge on any atom is 0.255 e. The van der Waals surface area contributed by atoms with Gasteiger partial charge < -0.3 is 15.7 Å². The molecule has 0 saturated carbocycles. The number of nitrogens with two attached hydrogens (primary N) is 1. The molecule has 1 heterocycles. The summed E-state index contributed by atoms with van der Waals surface area (Å²) in [5.74, 6) is -0.183. The molecule has 5 heteroatoms. The number of benzene rings is 1. The van der Waals surface area contributed by atoms with Crippen molar-refractivity contribution >= 4 is 23.2 Å². The highest BCUT2D eigenvalue weighted by Crippen LogP contribution is 2.22. The highest BCUT2D eigenvalue weighted by Gasteiger charge is 2.30. The van der Waals surface area contributed by atoms with Gasteiger partial charge in [-0.25, -0.2) is 0 Å². The van der Waals surface area contributed by atoms with E-state index >= 15 is 0 Å². The van der Waals surface area contributed by atoms with Gasteiger partial charge >= 0.3 is 0 Å². The molecule has 0 spiro atoms. The van der Waals surface area contributed by atoms with E-state index in [0.717, 1.165) is 0 Å². The van der Waals surface area contributed by atoms with Crippen LogP contribution in [-0.2, 0) is 0 Å². The van der Waals surface area contributed by atoms with Crippen LogP contribution in [0.3, 0.4) is 0 Å². The zero-order chi connectivity index (χ0) is 11.0. The Balaban J connectivity index is 2.22. The fourth-order valence-corrected chi connectivity index (χ4v) is 1.70.